The van der Waals surface area contributed by atoms with Gasteiger partial charge >= 0.3 is 6.18 Å². The Bertz CT molecular complexity index is 1030. The van der Waals surface area contributed by atoms with Crippen molar-refractivity contribution in [2.24, 2.45) is 0 Å². The SMILES string of the molecule is CC[C@H](C)NC(=O)c1c(C)nn2c(C(F)(F)F)cc(-c3ccc(Cl)cc3)nc12. The first-order valence-electron chi connectivity index (χ1n) is 8.66. The number of hydrogen-bond donors (Lipinski definition) is 1. The lowest BCUT2D eigenvalue weighted by molar-refractivity contribution is -0.142. The first kappa shape index (κ1) is 20.1. The second kappa shape index (κ2) is 7.43. The Kier molecular flexibility index (Phi) is 5.34. The van der Waals surface area contributed by atoms with Crippen molar-refractivity contribution in [3.8, 4) is 11.3 Å². The van der Waals surface area contributed by atoms with Crippen molar-refractivity contribution < 1.29 is 18.0 Å². The van der Waals surface area contributed by atoms with Crippen LogP contribution < -0.4 is 5.32 Å². The van der Waals surface area contributed by atoms with Crippen LogP contribution in [0.1, 0.15) is 42.0 Å². The second-order valence-electron chi connectivity index (χ2n) is 6.51. The van der Waals surface area contributed by atoms with Crippen LogP contribution in [-0.2, 0) is 6.18 Å². The van der Waals surface area contributed by atoms with Gasteiger partial charge in [-0.1, -0.05) is 30.7 Å². The smallest absolute Gasteiger partial charge is 0.349 e. The van der Waals surface area contributed by atoms with Crippen molar-refractivity contribution in [2.45, 2.75) is 39.4 Å². The van der Waals surface area contributed by atoms with Crippen molar-refractivity contribution in [3.05, 3.63) is 52.3 Å². The molecule has 1 aromatic carbocycles. The summed E-state index contributed by atoms with van der Waals surface area (Å²) in [5, 5.41) is 7.15. The van der Waals surface area contributed by atoms with Crippen LogP contribution in [0.3, 0.4) is 0 Å². The summed E-state index contributed by atoms with van der Waals surface area (Å²) < 4.78 is 41.7. The molecule has 1 amide bonds. The van der Waals surface area contributed by atoms with E-state index in [0.717, 1.165) is 6.07 Å². The Morgan fingerprint density at radius 3 is 2.50 bits per heavy atom. The number of benzene rings is 1. The average Bonchev–Trinajstić information content (AvgIpc) is 2.96. The zero-order chi connectivity index (χ0) is 20.6. The number of halogens is 4. The maximum atomic E-state index is 13.7. The van der Waals surface area contributed by atoms with Gasteiger partial charge in [-0.2, -0.15) is 18.3 Å². The molecular formula is C19H18ClF3N4O. The number of fused-ring (bicyclic) bond motifs is 1. The third-order valence-corrected chi connectivity index (χ3v) is 4.66. The lowest BCUT2D eigenvalue weighted by Crippen LogP contribution is -2.32. The van der Waals surface area contributed by atoms with Crippen LogP contribution in [0.15, 0.2) is 30.3 Å². The summed E-state index contributed by atoms with van der Waals surface area (Å²) in [5.74, 6) is -0.504. The molecule has 1 atom stereocenters. The lowest BCUT2D eigenvalue weighted by Gasteiger charge is -2.13. The summed E-state index contributed by atoms with van der Waals surface area (Å²) in [5.41, 5.74) is -0.418. The third kappa shape index (κ3) is 3.82. The Morgan fingerprint density at radius 2 is 1.93 bits per heavy atom. The van der Waals surface area contributed by atoms with E-state index in [4.69, 9.17) is 11.6 Å². The number of rotatable bonds is 4. The molecule has 0 spiro atoms. The van der Waals surface area contributed by atoms with E-state index in [1.165, 1.54) is 6.92 Å². The number of aryl methyl sites for hydroxylation is 1. The average molecular weight is 411 g/mol. The molecule has 0 aliphatic heterocycles. The summed E-state index contributed by atoms with van der Waals surface area (Å²) in [6, 6.07) is 7.05. The van der Waals surface area contributed by atoms with Crippen molar-refractivity contribution >= 4 is 23.2 Å². The molecule has 0 radical (unpaired) electrons. The molecule has 0 aliphatic carbocycles. The summed E-state index contributed by atoms with van der Waals surface area (Å²) in [4.78, 5) is 17.0. The summed E-state index contributed by atoms with van der Waals surface area (Å²) >= 11 is 5.86. The highest BCUT2D eigenvalue weighted by Crippen LogP contribution is 2.33. The quantitative estimate of drug-likeness (QED) is 0.665. The molecule has 1 N–H and O–H groups in total. The van der Waals surface area contributed by atoms with E-state index in [1.54, 1.807) is 24.3 Å². The molecule has 0 saturated heterocycles. The number of alkyl halides is 3. The van der Waals surface area contributed by atoms with Crippen molar-refractivity contribution in [2.75, 3.05) is 0 Å². The van der Waals surface area contributed by atoms with Gasteiger partial charge < -0.3 is 5.32 Å². The fourth-order valence-electron chi connectivity index (χ4n) is 2.76. The largest absolute Gasteiger partial charge is 0.433 e. The highest BCUT2D eigenvalue weighted by Gasteiger charge is 2.36. The first-order valence-corrected chi connectivity index (χ1v) is 9.04. The van der Waals surface area contributed by atoms with E-state index in [2.05, 4.69) is 15.4 Å². The van der Waals surface area contributed by atoms with Gasteiger partial charge in [-0.25, -0.2) is 9.50 Å². The van der Waals surface area contributed by atoms with Gasteiger partial charge in [-0.05, 0) is 38.5 Å². The predicted octanol–water partition coefficient (Wildman–Crippen LogP) is 4.91. The Hall–Kier alpha value is -2.61. The van der Waals surface area contributed by atoms with E-state index in [0.29, 0.717) is 21.5 Å². The number of carbonyl (C=O) groups excluding carboxylic acids is 1. The van der Waals surface area contributed by atoms with Crippen molar-refractivity contribution in [1.29, 1.82) is 0 Å². The number of amides is 1. The number of hydrogen-bond acceptors (Lipinski definition) is 3. The lowest BCUT2D eigenvalue weighted by atomic mass is 10.1. The molecule has 0 bridgehead atoms. The topological polar surface area (TPSA) is 59.3 Å². The molecule has 5 nitrogen and oxygen atoms in total. The molecule has 148 valence electrons. The first-order chi connectivity index (χ1) is 13.1. The van der Waals surface area contributed by atoms with Gasteiger partial charge in [0.05, 0.1) is 11.4 Å². The van der Waals surface area contributed by atoms with E-state index in [-0.39, 0.29) is 28.6 Å². The predicted molar refractivity (Wildman–Crippen MR) is 100 cm³/mol. The monoisotopic (exact) mass is 410 g/mol. The van der Waals surface area contributed by atoms with Gasteiger partial charge in [0.2, 0.25) is 0 Å². The third-order valence-electron chi connectivity index (χ3n) is 4.41. The highest BCUT2D eigenvalue weighted by molar-refractivity contribution is 6.30. The fourth-order valence-corrected chi connectivity index (χ4v) is 2.88. The van der Waals surface area contributed by atoms with Crippen LogP contribution in [-0.4, -0.2) is 26.5 Å². The van der Waals surface area contributed by atoms with E-state index < -0.39 is 17.8 Å². The molecule has 9 heteroatoms. The number of aromatic nitrogens is 3. The molecule has 0 aliphatic rings. The van der Waals surface area contributed by atoms with Gasteiger partial charge in [0.25, 0.3) is 5.91 Å². The number of carbonyl (C=O) groups is 1. The fraction of sp³-hybridized carbons (Fsp3) is 0.316. The molecule has 28 heavy (non-hydrogen) atoms. The summed E-state index contributed by atoms with van der Waals surface area (Å²) in [6.07, 6.45) is -3.99. The second-order valence-corrected chi connectivity index (χ2v) is 6.95. The van der Waals surface area contributed by atoms with E-state index in [9.17, 15) is 18.0 Å². The van der Waals surface area contributed by atoms with Gasteiger partial charge in [0.15, 0.2) is 11.3 Å². The zero-order valence-electron chi connectivity index (χ0n) is 15.4. The van der Waals surface area contributed by atoms with E-state index in [1.807, 2.05) is 13.8 Å². The Labute approximate surface area is 164 Å². The minimum Gasteiger partial charge on any atom is -0.349 e. The van der Waals surface area contributed by atoms with Crippen LogP contribution in [0.4, 0.5) is 13.2 Å². The Balaban J connectivity index is 2.26. The van der Waals surface area contributed by atoms with Crippen LogP contribution in [0.2, 0.25) is 5.02 Å². The molecular weight excluding hydrogens is 393 g/mol. The zero-order valence-corrected chi connectivity index (χ0v) is 16.2. The van der Waals surface area contributed by atoms with Crippen LogP contribution in [0, 0.1) is 6.92 Å². The summed E-state index contributed by atoms with van der Waals surface area (Å²) in [7, 11) is 0. The molecule has 3 aromatic rings. The van der Waals surface area contributed by atoms with Crippen LogP contribution in [0.25, 0.3) is 16.9 Å². The normalized spacial score (nSPS) is 13.0. The summed E-state index contributed by atoms with van der Waals surface area (Å²) in [6.45, 7) is 5.20. The maximum Gasteiger partial charge on any atom is 0.433 e. The number of nitrogens with zero attached hydrogens (tertiary/aromatic N) is 3. The minimum atomic E-state index is -4.68. The van der Waals surface area contributed by atoms with Gasteiger partial charge in [-0.15, -0.1) is 0 Å². The highest BCUT2D eigenvalue weighted by atomic mass is 35.5. The standard InChI is InChI=1S/C19H18ClF3N4O/c1-4-10(2)24-18(28)16-11(3)26-27-15(19(21,22)23)9-14(25-17(16)27)12-5-7-13(20)8-6-12/h5-10H,4H2,1-3H3,(H,24,28)/t10-/m0/s1. The molecule has 2 aromatic heterocycles. The van der Waals surface area contributed by atoms with Crippen molar-refractivity contribution in [3.63, 3.8) is 0 Å². The van der Waals surface area contributed by atoms with E-state index >= 15 is 0 Å². The molecule has 0 fully saturated rings. The molecule has 0 saturated carbocycles. The van der Waals surface area contributed by atoms with Crippen LogP contribution in [0.5, 0.6) is 0 Å². The van der Waals surface area contributed by atoms with Gasteiger partial charge in [-0.3, -0.25) is 4.79 Å². The van der Waals surface area contributed by atoms with Crippen LogP contribution >= 0.6 is 11.6 Å². The van der Waals surface area contributed by atoms with Gasteiger partial charge in [0, 0.05) is 16.6 Å². The Morgan fingerprint density at radius 1 is 1.29 bits per heavy atom. The van der Waals surface area contributed by atoms with Gasteiger partial charge in [0.1, 0.15) is 5.56 Å². The minimum absolute atomic E-state index is 0.0293. The number of nitrogens with one attached hydrogen (secondary N) is 1. The molecule has 2 heterocycles. The van der Waals surface area contributed by atoms with Crippen molar-refractivity contribution in [1.82, 2.24) is 19.9 Å². The molecule has 3 rings (SSSR count). The molecule has 0 unspecified atom stereocenters. The maximum absolute atomic E-state index is 13.7.